The van der Waals surface area contributed by atoms with E-state index in [1.165, 1.54) is 10.8 Å². The molecule has 0 aliphatic rings. The standard InChI is InChI=1S/C43H25N3O2/c1-2-9-28(10-3-1)41-44-42(46-43(45-41)33-13-8-16-37-39(33)31-11-4-6-14-35(31)47-37)29-20-17-26(18-21-29)30-22-19-27-23-24-38-40(34(27)25-30)32-12-5-7-15-36(32)48-38/h1-25H. The molecule has 5 nitrogen and oxygen atoms in total. The quantitative estimate of drug-likeness (QED) is 0.197. The summed E-state index contributed by atoms with van der Waals surface area (Å²) in [4.78, 5) is 15.0. The zero-order valence-corrected chi connectivity index (χ0v) is 25.6. The van der Waals surface area contributed by atoms with Gasteiger partial charge in [0.1, 0.15) is 22.3 Å². The highest BCUT2D eigenvalue weighted by Crippen LogP contribution is 2.38. The Morgan fingerprint density at radius 3 is 1.62 bits per heavy atom. The Kier molecular flexibility index (Phi) is 5.81. The third-order valence-corrected chi connectivity index (χ3v) is 9.15. The second-order valence-corrected chi connectivity index (χ2v) is 12.0. The molecule has 0 saturated heterocycles. The van der Waals surface area contributed by atoms with Crippen molar-refractivity contribution in [1.29, 1.82) is 0 Å². The van der Waals surface area contributed by atoms with Crippen LogP contribution in [0.1, 0.15) is 0 Å². The van der Waals surface area contributed by atoms with Crippen LogP contribution in [0.5, 0.6) is 0 Å². The SMILES string of the molecule is c1ccc(-c2nc(-c3ccc(-c4ccc5ccc6oc7ccccc7c6c5c4)cc3)nc(-c3cccc4oc5ccccc5c34)n2)cc1. The number of para-hydroxylation sites is 2. The molecule has 224 valence electrons. The maximum Gasteiger partial charge on any atom is 0.164 e. The summed E-state index contributed by atoms with van der Waals surface area (Å²) in [6.45, 7) is 0. The van der Waals surface area contributed by atoms with Gasteiger partial charge in [0.2, 0.25) is 0 Å². The van der Waals surface area contributed by atoms with E-state index in [0.29, 0.717) is 17.5 Å². The van der Waals surface area contributed by atoms with E-state index in [2.05, 4.69) is 78.9 Å². The second kappa shape index (κ2) is 10.5. The van der Waals surface area contributed by atoms with Gasteiger partial charge in [-0.1, -0.05) is 121 Å². The van der Waals surface area contributed by atoms with Gasteiger partial charge in [0.25, 0.3) is 0 Å². The van der Waals surface area contributed by atoms with Crippen molar-refractivity contribution in [1.82, 2.24) is 15.0 Å². The molecule has 3 aromatic heterocycles. The molecule has 0 bridgehead atoms. The molecule has 0 fully saturated rings. The number of hydrogen-bond donors (Lipinski definition) is 0. The average Bonchev–Trinajstić information content (AvgIpc) is 3.74. The second-order valence-electron chi connectivity index (χ2n) is 12.0. The van der Waals surface area contributed by atoms with Crippen LogP contribution in [-0.4, -0.2) is 15.0 Å². The van der Waals surface area contributed by atoms with E-state index in [9.17, 15) is 0 Å². The molecule has 0 saturated carbocycles. The summed E-state index contributed by atoms with van der Waals surface area (Å²) in [6, 6.07) is 51.7. The smallest absolute Gasteiger partial charge is 0.164 e. The summed E-state index contributed by atoms with van der Waals surface area (Å²) < 4.78 is 12.4. The molecule has 0 spiro atoms. The van der Waals surface area contributed by atoms with E-state index in [0.717, 1.165) is 71.7 Å². The van der Waals surface area contributed by atoms with Crippen molar-refractivity contribution >= 4 is 54.6 Å². The lowest BCUT2D eigenvalue weighted by atomic mass is 9.97. The van der Waals surface area contributed by atoms with Gasteiger partial charge in [0.05, 0.1) is 0 Å². The fraction of sp³-hybridized carbons (Fsp3) is 0. The lowest BCUT2D eigenvalue weighted by Crippen LogP contribution is -2.00. The minimum Gasteiger partial charge on any atom is -0.456 e. The van der Waals surface area contributed by atoms with Crippen LogP contribution in [-0.2, 0) is 0 Å². The van der Waals surface area contributed by atoms with Crippen molar-refractivity contribution in [2.45, 2.75) is 0 Å². The van der Waals surface area contributed by atoms with Crippen LogP contribution in [0, 0.1) is 0 Å². The predicted molar refractivity (Wildman–Crippen MR) is 194 cm³/mol. The zero-order chi connectivity index (χ0) is 31.6. The van der Waals surface area contributed by atoms with E-state index in [1.54, 1.807) is 0 Å². The molecule has 0 aliphatic carbocycles. The Morgan fingerprint density at radius 2 is 0.875 bits per heavy atom. The monoisotopic (exact) mass is 615 g/mol. The number of nitrogens with zero attached hydrogens (tertiary/aromatic N) is 3. The van der Waals surface area contributed by atoms with Crippen LogP contribution in [0.3, 0.4) is 0 Å². The molecule has 0 aliphatic heterocycles. The number of aromatic nitrogens is 3. The molecule has 0 amide bonds. The van der Waals surface area contributed by atoms with E-state index < -0.39 is 0 Å². The zero-order valence-electron chi connectivity index (χ0n) is 25.6. The van der Waals surface area contributed by atoms with Crippen LogP contribution < -0.4 is 0 Å². The van der Waals surface area contributed by atoms with Gasteiger partial charge in [-0.05, 0) is 52.2 Å². The van der Waals surface area contributed by atoms with Gasteiger partial charge in [0.15, 0.2) is 17.5 Å². The van der Waals surface area contributed by atoms with Gasteiger partial charge >= 0.3 is 0 Å². The molecule has 0 unspecified atom stereocenters. The normalized spacial score (nSPS) is 11.8. The number of hydrogen-bond acceptors (Lipinski definition) is 5. The average molecular weight is 616 g/mol. The third kappa shape index (κ3) is 4.22. The van der Waals surface area contributed by atoms with Crippen LogP contribution >= 0.6 is 0 Å². The summed E-state index contributed by atoms with van der Waals surface area (Å²) in [5.74, 6) is 1.83. The number of rotatable bonds is 4. The summed E-state index contributed by atoms with van der Waals surface area (Å²) >= 11 is 0. The van der Waals surface area contributed by atoms with Crippen LogP contribution in [0.4, 0.5) is 0 Å². The minimum absolute atomic E-state index is 0.603. The molecule has 5 heteroatoms. The largest absolute Gasteiger partial charge is 0.456 e. The molecule has 10 rings (SSSR count). The van der Waals surface area contributed by atoms with E-state index in [1.807, 2.05) is 72.8 Å². The molecule has 0 atom stereocenters. The van der Waals surface area contributed by atoms with Crippen molar-refractivity contribution in [2.24, 2.45) is 0 Å². The third-order valence-electron chi connectivity index (χ3n) is 9.15. The van der Waals surface area contributed by atoms with Crippen molar-refractivity contribution in [3.63, 3.8) is 0 Å². The first-order valence-corrected chi connectivity index (χ1v) is 15.9. The molecule has 0 N–H and O–H groups in total. The summed E-state index contributed by atoms with van der Waals surface area (Å²) in [6.07, 6.45) is 0. The fourth-order valence-corrected chi connectivity index (χ4v) is 6.84. The molecule has 0 radical (unpaired) electrons. The highest BCUT2D eigenvalue weighted by Gasteiger charge is 2.18. The first-order chi connectivity index (χ1) is 23.8. The Balaban J connectivity index is 1.11. The molecular formula is C43H25N3O2. The Labute approximate surface area is 274 Å². The molecular weight excluding hydrogens is 590 g/mol. The van der Waals surface area contributed by atoms with Gasteiger partial charge in [-0.15, -0.1) is 0 Å². The topological polar surface area (TPSA) is 65.0 Å². The van der Waals surface area contributed by atoms with E-state index >= 15 is 0 Å². The van der Waals surface area contributed by atoms with Crippen molar-refractivity contribution in [3.05, 3.63) is 152 Å². The Hall–Kier alpha value is -6.59. The highest BCUT2D eigenvalue weighted by molar-refractivity contribution is 6.19. The van der Waals surface area contributed by atoms with Crippen LogP contribution in [0.25, 0.3) is 99.9 Å². The van der Waals surface area contributed by atoms with Crippen LogP contribution in [0.15, 0.2) is 160 Å². The lowest BCUT2D eigenvalue weighted by Gasteiger charge is -2.10. The van der Waals surface area contributed by atoms with Gasteiger partial charge in [-0.2, -0.15) is 0 Å². The number of fused-ring (bicyclic) bond motifs is 8. The number of furan rings is 2. The van der Waals surface area contributed by atoms with Gasteiger partial charge < -0.3 is 8.83 Å². The van der Waals surface area contributed by atoms with E-state index in [-0.39, 0.29) is 0 Å². The Morgan fingerprint density at radius 1 is 0.333 bits per heavy atom. The highest BCUT2D eigenvalue weighted by atomic mass is 16.3. The molecule has 10 aromatic rings. The minimum atomic E-state index is 0.603. The maximum atomic E-state index is 6.19. The lowest BCUT2D eigenvalue weighted by molar-refractivity contribution is 0.668. The van der Waals surface area contributed by atoms with Crippen LogP contribution in [0.2, 0.25) is 0 Å². The van der Waals surface area contributed by atoms with Gasteiger partial charge in [-0.3, -0.25) is 0 Å². The van der Waals surface area contributed by atoms with E-state index in [4.69, 9.17) is 23.8 Å². The Bertz CT molecular complexity index is 2830. The number of benzene rings is 7. The summed E-state index contributed by atoms with van der Waals surface area (Å²) in [5, 5.41) is 6.66. The maximum absolute atomic E-state index is 6.19. The first kappa shape index (κ1) is 26.6. The van der Waals surface area contributed by atoms with Crippen molar-refractivity contribution < 1.29 is 8.83 Å². The predicted octanol–water partition coefficient (Wildman–Crippen LogP) is 11.5. The van der Waals surface area contributed by atoms with Crippen molar-refractivity contribution in [2.75, 3.05) is 0 Å². The fourth-order valence-electron chi connectivity index (χ4n) is 6.84. The summed E-state index contributed by atoms with van der Waals surface area (Å²) in [7, 11) is 0. The first-order valence-electron chi connectivity index (χ1n) is 15.9. The van der Waals surface area contributed by atoms with Crippen molar-refractivity contribution in [3.8, 4) is 45.3 Å². The molecule has 3 heterocycles. The van der Waals surface area contributed by atoms with Gasteiger partial charge in [-0.25, -0.2) is 15.0 Å². The molecule has 7 aromatic carbocycles. The van der Waals surface area contributed by atoms with Gasteiger partial charge in [0, 0.05) is 38.2 Å². The molecule has 48 heavy (non-hydrogen) atoms. The summed E-state index contributed by atoms with van der Waals surface area (Å²) in [5.41, 5.74) is 8.42.